The number of non-ortho nitro benzene ring substituents is 1. The molecule has 1 aliphatic carbocycles. The fraction of sp³-hybridized carbons (Fsp3) is 0. The highest BCUT2D eigenvalue weighted by Gasteiger charge is 2.05. The second-order valence-corrected chi connectivity index (χ2v) is 4.61. The van der Waals surface area contributed by atoms with Gasteiger partial charge in [-0.2, -0.15) is 0 Å². The van der Waals surface area contributed by atoms with Gasteiger partial charge in [-0.25, -0.2) is 4.68 Å². The first-order chi connectivity index (χ1) is 11.2. The van der Waals surface area contributed by atoms with E-state index >= 15 is 0 Å². The van der Waals surface area contributed by atoms with Gasteiger partial charge in [0.15, 0.2) is 0 Å². The molecule has 0 atom stereocenters. The van der Waals surface area contributed by atoms with Crippen molar-refractivity contribution in [2.75, 3.05) is 5.43 Å². The third-order valence-corrected chi connectivity index (χ3v) is 3.09. The molecule has 0 fully saturated rings. The van der Waals surface area contributed by atoms with Gasteiger partial charge in [0.25, 0.3) is 5.69 Å². The van der Waals surface area contributed by atoms with Crippen LogP contribution in [0, 0.1) is 10.1 Å². The van der Waals surface area contributed by atoms with Crippen molar-refractivity contribution in [3.8, 4) is 0 Å². The summed E-state index contributed by atoms with van der Waals surface area (Å²) in [7, 11) is 0. The lowest BCUT2D eigenvalue weighted by Gasteiger charge is -2.02. The average molecular weight is 308 g/mol. The summed E-state index contributed by atoms with van der Waals surface area (Å²) in [5.41, 5.74) is 5.58. The number of nitrogens with one attached hydrogen (secondary N) is 1. The van der Waals surface area contributed by atoms with Crippen LogP contribution >= 0.6 is 0 Å². The maximum absolute atomic E-state index is 10.6. The number of hydrogen-bond donors (Lipinski definition) is 1. The molecule has 0 spiro atoms. The van der Waals surface area contributed by atoms with Crippen LogP contribution in [0.15, 0.2) is 77.5 Å². The SMILES string of the molecule is O=[N+]([O-])c1ccc(N=CC2=CC=C/C2=C\Nn2cnnc2)cc1. The van der Waals surface area contributed by atoms with Crippen molar-refractivity contribution < 1.29 is 4.92 Å². The van der Waals surface area contributed by atoms with E-state index in [0.29, 0.717) is 5.69 Å². The van der Waals surface area contributed by atoms with Gasteiger partial charge in [-0.1, -0.05) is 18.2 Å². The number of rotatable bonds is 5. The van der Waals surface area contributed by atoms with E-state index in [2.05, 4.69) is 20.6 Å². The van der Waals surface area contributed by atoms with Gasteiger partial charge in [-0.3, -0.25) is 20.5 Å². The number of aromatic nitrogens is 3. The lowest BCUT2D eigenvalue weighted by molar-refractivity contribution is -0.384. The van der Waals surface area contributed by atoms with Gasteiger partial charge in [0, 0.05) is 35.7 Å². The molecule has 23 heavy (non-hydrogen) atoms. The summed E-state index contributed by atoms with van der Waals surface area (Å²) in [6.45, 7) is 0. The summed E-state index contributed by atoms with van der Waals surface area (Å²) >= 11 is 0. The summed E-state index contributed by atoms with van der Waals surface area (Å²) in [5, 5.41) is 18.0. The number of aliphatic imine (C=N–C) groups is 1. The van der Waals surface area contributed by atoms with Crippen molar-refractivity contribution in [3.05, 3.63) is 82.6 Å². The monoisotopic (exact) mass is 308 g/mol. The summed E-state index contributed by atoms with van der Waals surface area (Å²) < 4.78 is 1.62. The molecule has 8 nitrogen and oxygen atoms in total. The topological polar surface area (TPSA) is 98.2 Å². The molecule has 114 valence electrons. The summed E-state index contributed by atoms with van der Waals surface area (Å²) in [6, 6.07) is 6.07. The maximum atomic E-state index is 10.6. The van der Waals surface area contributed by atoms with E-state index in [1.807, 2.05) is 18.2 Å². The van der Waals surface area contributed by atoms with Crippen molar-refractivity contribution in [2.45, 2.75) is 0 Å². The quantitative estimate of drug-likeness (QED) is 0.520. The van der Waals surface area contributed by atoms with Crippen molar-refractivity contribution in [1.82, 2.24) is 14.9 Å². The molecular formula is C15H12N6O2. The first kappa shape index (κ1) is 14.4. The first-order valence-electron chi connectivity index (χ1n) is 6.71. The molecule has 0 bridgehead atoms. The van der Waals surface area contributed by atoms with E-state index in [1.165, 1.54) is 12.1 Å². The largest absolute Gasteiger partial charge is 0.299 e. The second-order valence-electron chi connectivity index (χ2n) is 4.61. The molecule has 2 aromatic rings. The lowest BCUT2D eigenvalue weighted by atomic mass is 10.2. The molecule has 0 aliphatic heterocycles. The molecule has 1 aromatic heterocycles. The van der Waals surface area contributed by atoms with Crippen LogP contribution in [0.5, 0.6) is 0 Å². The summed E-state index contributed by atoms with van der Waals surface area (Å²) in [5.74, 6) is 0. The number of benzene rings is 1. The van der Waals surface area contributed by atoms with E-state index in [-0.39, 0.29) is 5.69 Å². The zero-order chi connectivity index (χ0) is 16.1. The van der Waals surface area contributed by atoms with Crippen molar-refractivity contribution >= 4 is 17.6 Å². The van der Waals surface area contributed by atoms with Crippen LogP contribution in [-0.2, 0) is 0 Å². The smallest absolute Gasteiger partial charge is 0.269 e. The van der Waals surface area contributed by atoms with E-state index in [1.54, 1.807) is 41.9 Å². The van der Waals surface area contributed by atoms with Gasteiger partial charge in [-0.05, 0) is 12.1 Å². The van der Waals surface area contributed by atoms with Crippen LogP contribution in [0.1, 0.15) is 0 Å². The summed E-state index contributed by atoms with van der Waals surface area (Å²) in [4.78, 5) is 14.5. The number of nitro groups is 1. The maximum Gasteiger partial charge on any atom is 0.269 e. The Balaban J connectivity index is 1.69. The van der Waals surface area contributed by atoms with Crippen LogP contribution in [-0.4, -0.2) is 26.0 Å². The van der Waals surface area contributed by atoms with Crippen LogP contribution < -0.4 is 5.43 Å². The van der Waals surface area contributed by atoms with Crippen LogP contribution in [0.4, 0.5) is 11.4 Å². The van der Waals surface area contributed by atoms with Crippen molar-refractivity contribution in [1.29, 1.82) is 0 Å². The molecule has 1 N–H and O–H groups in total. The van der Waals surface area contributed by atoms with Gasteiger partial charge in [0.2, 0.25) is 0 Å². The van der Waals surface area contributed by atoms with Crippen LogP contribution in [0.25, 0.3) is 0 Å². The molecule has 0 saturated heterocycles. The minimum Gasteiger partial charge on any atom is -0.299 e. The Morgan fingerprint density at radius 3 is 2.65 bits per heavy atom. The Morgan fingerprint density at radius 1 is 1.22 bits per heavy atom. The van der Waals surface area contributed by atoms with Gasteiger partial charge in [0.05, 0.1) is 10.6 Å². The highest BCUT2D eigenvalue weighted by molar-refractivity contribution is 5.89. The Morgan fingerprint density at radius 2 is 1.96 bits per heavy atom. The van der Waals surface area contributed by atoms with Crippen LogP contribution in [0.3, 0.4) is 0 Å². The predicted molar refractivity (Wildman–Crippen MR) is 85.9 cm³/mol. The number of nitro benzene ring substituents is 1. The van der Waals surface area contributed by atoms with E-state index in [4.69, 9.17) is 0 Å². The molecule has 0 unspecified atom stereocenters. The molecule has 8 heteroatoms. The first-order valence-corrected chi connectivity index (χ1v) is 6.71. The summed E-state index contributed by atoms with van der Waals surface area (Å²) in [6.07, 6.45) is 12.4. The third kappa shape index (κ3) is 3.56. The molecule has 1 aliphatic rings. The number of hydrogen-bond acceptors (Lipinski definition) is 6. The molecule has 0 radical (unpaired) electrons. The fourth-order valence-corrected chi connectivity index (χ4v) is 1.91. The Kier molecular flexibility index (Phi) is 4.05. The normalized spacial score (nSPS) is 15.3. The van der Waals surface area contributed by atoms with E-state index < -0.39 is 4.92 Å². The lowest BCUT2D eigenvalue weighted by Crippen LogP contribution is -2.06. The van der Waals surface area contributed by atoms with Crippen LogP contribution in [0.2, 0.25) is 0 Å². The molecule has 1 aromatic carbocycles. The zero-order valence-electron chi connectivity index (χ0n) is 11.9. The Bertz CT molecular complexity index is 816. The number of nitrogens with zero attached hydrogens (tertiary/aromatic N) is 5. The molecular weight excluding hydrogens is 296 g/mol. The molecule has 0 amide bonds. The van der Waals surface area contributed by atoms with Gasteiger partial charge < -0.3 is 0 Å². The molecule has 0 saturated carbocycles. The molecule has 1 heterocycles. The van der Waals surface area contributed by atoms with Gasteiger partial charge in [-0.15, -0.1) is 10.2 Å². The van der Waals surface area contributed by atoms with Crippen molar-refractivity contribution in [3.63, 3.8) is 0 Å². The molecule has 3 rings (SSSR count). The van der Waals surface area contributed by atoms with E-state index in [0.717, 1.165) is 11.1 Å². The predicted octanol–water partition coefficient (Wildman–Crippen LogP) is 2.51. The second kappa shape index (κ2) is 6.48. The fourth-order valence-electron chi connectivity index (χ4n) is 1.91. The average Bonchev–Trinajstić information content (AvgIpc) is 3.22. The Hall–Kier alpha value is -3.55. The minimum absolute atomic E-state index is 0.0458. The van der Waals surface area contributed by atoms with E-state index in [9.17, 15) is 10.1 Å². The Labute approximate surface area is 131 Å². The standard InChI is InChI=1S/C15H12N6O2/c22-21(23)15-6-4-14(5-7-15)16-8-12-2-1-3-13(12)9-19-20-10-17-18-11-20/h1-11,19H/b13-9+,16-8?. The van der Waals surface area contributed by atoms with Gasteiger partial charge >= 0.3 is 0 Å². The number of allylic oxidation sites excluding steroid dienone is 5. The highest BCUT2D eigenvalue weighted by Crippen LogP contribution is 2.20. The van der Waals surface area contributed by atoms with Gasteiger partial charge in [0.1, 0.15) is 12.7 Å². The third-order valence-electron chi connectivity index (χ3n) is 3.09. The zero-order valence-corrected chi connectivity index (χ0v) is 11.9. The minimum atomic E-state index is -0.436. The highest BCUT2D eigenvalue weighted by atomic mass is 16.6. The van der Waals surface area contributed by atoms with Crippen molar-refractivity contribution in [2.24, 2.45) is 4.99 Å².